The van der Waals surface area contributed by atoms with E-state index in [4.69, 9.17) is 26.2 Å². The van der Waals surface area contributed by atoms with Crippen molar-refractivity contribution in [2.45, 2.75) is 18.6 Å². The fourth-order valence-electron chi connectivity index (χ4n) is 3.25. The van der Waals surface area contributed by atoms with Gasteiger partial charge in [0.25, 0.3) is 0 Å². The third kappa shape index (κ3) is 12.6. The highest BCUT2D eigenvalue weighted by molar-refractivity contribution is 6.31. The molecule has 3 aromatic rings. The maximum absolute atomic E-state index is 13.4. The Morgan fingerprint density at radius 2 is 1.63 bits per heavy atom. The van der Waals surface area contributed by atoms with Gasteiger partial charge in [-0.15, -0.1) is 0 Å². The second-order valence-electron chi connectivity index (χ2n) is 8.40. The maximum Gasteiger partial charge on any atom is 0.490 e. The Hall–Kier alpha value is -4.92. The smallest absolute Gasteiger partial charge is 0.481 e. The van der Waals surface area contributed by atoms with Gasteiger partial charge in [-0.3, -0.25) is 9.59 Å². The summed E-state index contributed by atoms with van der Waals surface area (Å²) in [5.74, 6) is -4.34. The van der Waals surface area contributed by atoms with Crippen molar-refractivity contribution in [1.29, 1.82) is 0 Å². The number of alkyl halides is 3. The number of rotatable bonds is 11. The lowest BCUT2D eigenvalue weighted by Crippen LogP contribution is -2.39. The van der Waals surface area contributed by atoms with E-state index in [2.05, 4.69) is 20.9 Å². The zero-order valence-electron chi connectivity index (χ0n) is 22.0. The number of benzene rings is 2. The van der Waals surface area contributed by atoms with Crippen molar-refractivity contribution in [1.82, 2.24) is 15.6 Å². The topological polar surface area (TPSA) is 167 Å². The van der Waals surface area contributed by atoms with E-state index in [-0.39, 0.29) is 18.1 Å². The zero-order chi connectivity index (χ0) is 32.0. The third-order valence-corrected chi connectivity index (χ3v) is 5.51. The Morgan fingerprint density at radius 3 is 2.19 bits per heavy atom. The molecule has 16 heteroatoms. The Balaban J connectivity index is 0.000000821. The molecule has 0 bridgehead atoms. The molecule has 1 atom stereocenters. The van der Waals surface area contributed by atoms with Crippen molar-refractivity contribution in [3.8, 4) is 11.1 Å². The molecule has 1 aromatic heterocycles. The number of pyridine rings is 1. The summed E-state index contributed by atoms with van der Waals surface area (Å²) >= 11 is 5.84. The average molecular weight is 629 g/mol. The van der Waals surface area contributed by atoms with Crippen LogP contribution in [0.2, 0.25) is 5.02 Å². The number of aliphatic carboxylic acids is 2. The van der Waals surface area contributed by atoms with Gasteiger partial charge in [0, 0.05) is 6.20 Å². The molecule has 0 saturated heterocycles. The zero-order valence-corrected chi connectivity index (χ0v) is 22.8. The number of ether oxygens (including phenoxy) is 1. The molecule has 1 heterocycles. The molecular formula is C27H25ClF4N4O7. The number of hydrogen-bond acceptors (Lipinski definition) is 7. The van der Waals surface area contributed by atoms with Crippen LogP contribution in [0.25, 0.3) is 11.1 Å². The molecular weight excluding hydrogens is 604 g/mol. The molecule has 2 aromatic carbocycles. The number of anilines is 1. The van der Waals surface area contributed by atoms with Crippen LogP contribution in [0.3, 0.4) is 0 Å². The molecule has 0 aliphatic rings. The van der Waals surface area contributed by atoms with E-state index >= 15 is 0 Å². The number of nitrogens with one attached hydrogen (secondary N) is 3. The minimum absolute atomic E-state index is 0.0110. The van der Waals surface area contributed by atoms with Gasteiger partial charge in [-0.1, -0.05) is 48.0 Å². The normalized spacial score (nSPS) is 11.3. The standard InChI is InChI=1S/C25H24ClFN4O5.C2HF3O2/c26-19-13-18(8-9-20(19)27)16-4-6-17(7-5-16)21(14-24(33)34)31-23(32)15-30-25(35)36-12-11-29-22-3-1-2-10-28-22;3-2(4,5)1(6)7/h1-10,13,21H,11-12,14-15H2,(H,28,29)(H,30,35)(H,31,32)(H,33,34);(H,6,7). The number of alkyl carbamates (subject to hydrolysis) is 1. The molecule has 0 saturated carbocycles. The van der Waals surface area contributed by atoms with Gasteiger partial charge in [0.2, 0.25) is 5.91 Å². The van der Waals surface area contributed by atoms with Crippen molar-refractivity contribution in [3.63, 3.8) is 0 Å². The van der Waals surface area contributed by atoms with Crippen molar-refractivity contribution < 1.29 is 51.7 Å². The summed E-state index contributed by atoms with van der Waals surface area (Å²) in [6.45, 7) is -0.0104. The van der Waals surface area contributed by atoms with Crippen LogP contribution in [-0.4, -0.2) is 65.0 Å². The van der Waals surface area contributed by atoms with Gasteiger partial charge in [0.05, 0.1) is 24.0 Å². The molecule has 43 heavy (non-hydrogen) atoms. The number of aromatic nitrogens is 1. The molecule has 0 spiro atoms. The van der Waals surface area contributed by atoms with Crippen LogP contribution in [-0.2, 0) is 19.1 Å². The summed E-state index contributed by atoms with van der Waals surface area (Å²) in [6, 6.07) is 15.6. The van der Waals surface area contributed by atoms with E-state index in [1.165, 1.54) is 12.1 Å². The number of nitrogens with zero attached hydrogens (tertiary/aromatic N) is 1. The maximum atomic E-state index is 13.4. The molecule has 11 nitrogen and oxygen atoms in total. The van der Waals surface area contributed by atoms with Crippen LogP contribution in [0.15, 0.2) is 66.9 Å². The molecule has 0 aliphatic carbocycles. The van der Waals surface area contributed by atoms with Gasteiger partial charge in [-0.2, -0.15) is 13.2 Å². The highest BCUT2D eigenvalue weighted by atomic mass is 35.5. The predicted octanol–water partition coefficient (Wildman–Crippen LogP) is 4.64. The molecule has 5 N–H and O–H groups in total. The SMILES string of the molecule is O=C(O)C(F)(F)F.O=C(O)CC(NC(=O)CNC(=O)OCCNc1ccccn1)c1ccc(-c2ccc(F)c(Cl)c2)cc1. The van der Waals surface area contributed by atoms with Crippen LogP contribution in [0.4, 0.5) is 28.2 Å². The summed E-state index contributed by atoms with van der Waals surface area (Å²) in [6.07, 6.45) is -4.61. The molecule has 0 fully saturated rings. The Morgan fingerprint density at radius 1 is 0.977 bits per heavy atom. The highest BCUT2D eigenvalue weighted by Gasteiger charge is 2.38. The molecule has 2 amide bonds. The third-order valence-electron chi connectivity index (χ3n) is 5.22. The van der Waals surface area contributed by atoms with E-state index in [1.807, 2.05) is 6.07 Å². The van der Waals surface area contributed by atoms with Gasteiger partial charge < -0.3 is 30.9 Å². The summed E-state index contributed by atoms with van der Waals surface area (Å²) in [4.78, 5) is 48.5. The number of halogens is 5. The van der Waals surface area contributed by atoms with E-state index in [0.717, 1.165) is 5.56 Å². The van der Waals surface area contributed by atoms with Crippen LogP contribution in [0, 0.1) is 5.82 Å². The number of carbonyl (C=O) groups is 4. The van der Waals surface area contributed by atoms with Gasteiger partial charge >= 0.3 is 24.2 Å². The number of carbonyl (C=O) groups excluding carboxylic acids is 2. The van der Waals surface area contributed by atoms with Crippen molar-refractivity contribution in [2.75, 3.05) is 25.0 Å². The number of carboxylic acid groups (broad SMARTS) is 2. The lowest BCUT2D eigenvalue weighted by atomic mass is 9.99. The Labute approximate surface area is 246 Å². The summed E-state index contributed by atoms with van der Waals surface area (Å²) < 4.78 is 50.1. The minimum atomic E-state index is -5.08. The first-order valence-electron chi connectivity index (χ1n) is 12.2. The molecule has 0 radical (unpaired) electrons. The second-order valence-corrected chi connectivity index (χ2v) is 8.81. The summed E-state index contributed by atoms with van der Waals surface area (Å²) in [5, 5.41) is 24.3. The second kappa shape index (κ2) is 16.5. The lowest BCUT2D eigenvalue weighted by Gasteiger charge is -2.18. The quantitative estimate of drug-likeness (QED) is 0.150. The van der Waals surface area contributed by atoms with Crippen LogP contribution < -0.4 is 16.0 Å². The molecule has 1 unspecified atom stereocenters. The molecule has 230 valence electrons. The molecule has 3 rings (SSSR count). The first-order chi connectivity index (χ1) is 20.3. The monoisotopic (exact) mass is 628 g/mol. The van der Waals surface area contributed by atoms with E-state index in [9.17, 15) is 37.1 Å². The van der Waals surface area contributed by atoms with E-state index in [0.29, 0.717) is 23.5 Å². The van der Waals surface area contributed by atoms with Gasteiger partial charge in [0.15, 0.2) is 0 Å². The lowest BCUT2D eigenvalue weighted by molar-refractivity contribution is -0.192. The number of carboxylic acids is 2. The van der Waals surface area contributed by atoms with Gasteiger partial charge in [-0.05, 0) is 41.0 Å². The fourth-order valence-corrected chi connectivity index (χ4v) is 3.43. The largest absolute Gasteiger partial charge is 0.490 e. The highest BCUT2D eigenvalue weighted by Crippen LogP contribution is 2.27. The van der Waals surface area contributed by atoms with Crippen LogP contribution in [0.5, 0.6) is 0 Å². The van der Waals surface area contributed by atoms with Crippen LogP contribution in [0.1, 0.15) is 18.0 Å². The first kappa shape index (κ1) is 34.3. The van der Waals surface area contributed by atoms with Gasteiger partial charge in [-0.25, -0.2) is 19.0 Å². The number of hydrogen-bond donors (Lipinski definition) is 5. The van der Waals surface area contributed by atoms with Crippen molar-refractivity contribution in [3.05, 3.63) is 83.3 Å². The van der Waals surface area contributed by atoms with E-state index < -0.39 is 48.5 Å². The first-order valence-corrected chi connectivity index (χ1v) is 12.6. The van der Waals surface area contributed by atoms with Gasteiger partial charge in [0.1, 0.15) is 24.8 Å². The fraction of sp³-hybridized carbons (Fsp3) is 0.222. The number of amides is 2. The Bertz CT molecular complexity index is 1390. The van der Waals surface area contributed by atoms with Crippen molar-refractivity contribution in [2.24, 2.45) is 0 Å². The molecule has 0 aliphatic heterocycles. The van der Waals surface area contributed by atoms with Crippen LogP contribution >= 0.6 is 11.6 Å². The minimum Gasteiger partial charge on any atom is -0.481 e. The Kier molecular flexibility index (Phi) is 13.2. The summed E-state index contributed by atoms with van der Waals surface area (Å²) in [5.41, 5.74) is 1.97. The average Bonchev–Trinajstić information content (AvgIpc) is 2.95. The predicted molar refractivity (Wildman–Crippen MR) is 146 cm³/mol. The van der Waals surface area contributed by atoms with Crippen molar-refractivity contribution >= 4 is 41.4 Å². The van der Waals surface area contributed by atoms with E-state index in [1.54, 1.807) is 48.7 Å². The summed E-state index contributed by atoms with van der Waals surface area (Å²) in [7, 11) is 0.